The van der Waals surface area contributed by atoms with Gasteiger partial charge in [-0.1, -0.05) is 25.7 Å². The molecule has 4 rings (SSSR count). The Morgan fingerprint density at radius 2 is 1.78 bits per heavy atom. The molecule has 0 radical (unpaired) electrons. The summed E-state index contributed by atoms with van der Waals surface area (Å²) in [5, 5.41) is 0. The van der Waals surface area contributed by atoms with Crippen molar-refractivity contribution in [2.24, 2.45) is 5.92 Å². The molecule has 0 bridgehead atoms. The van der Waals surface area contributed by atoms with Gasteiger partial charge >= 0.3 is 0 Å². The van der Waals surface area contributed by atoms with E-state index in [4.69, 9.17) is 4.74 Å². The van der Waals surface area contributed by atoms with Crippen LogP contribution < -0.4 is 0 Å². The van der Waals surface area contributed by atoms with Gasteiger partial charge in [0.05, 0.1) is 24.7 Å². The van der Waals surface area contributed by atoms with Crippen LogP contribution in [0.1, 0.15) is 57.8 Å². The molecule has 4 fully saturated rings. The van der Waals surface area contributed by atoms with Crippen molar-refractivity contribution in [2.45, 2.75) is 76.0 Å². The van der Waals surface area contributed by atoms with E-state index in [1.807, 2.05) is 4.90 Å². The number of hydrogen-bond acceptors (Lipinski definition) is 3. The number of amides is 2. The molecule has 2 amide bonds. The van der Waals surface area contributed by atoms with E-state index in [0.29, 0.717) is 32.2 Å². The van der Waals surface area contributed by atoms with Crippen LogP contribution in [0.2, 0.25) is 0 Å². The molecule has 2 aliphatic heterocycles. The van der Waals surface area contributed by atoms with Crippen molar-refractivity contribution in [3.63, 3.8) is 0 Å². The summed E-state index contributed by atoms with van der Waals surface area (Å²) in [6.07, 6.45) is 9.86. The molecule has 0 aromatic heterocycles. The minimum absolute atomic E-state index is 0.122. The van der Waals surface area contributed by atoms with Crippen LogP contribution in [-0.2, 0) is 14.3 Å². The van der Waals surface area contributed by atoms with Gasteiger partial charge in [-0.3, -0.25) is 9.59 Å². The van der Waals surface area contributed by atoms with Gasteiger partial charge in [0.2, 0.25) is 11.8 Å². The molecule has 128 valence electrons. The number of morpholine rings is 1. The Hall–Kier alpha value is -1.10. The molecule has 0 N–H and O–H groups in total. The highest BCUT2D eigenvalue weighted by Crippen LogP contribution is 2.33. The molecule has 2 aliphatic carbocycles. The molecule has 23 heavy (non-hydrogen) atoms. The maximum absolute atomic E-state index is 13.1. The minimum atomic E-state index is -0.122. The summed E-state index contributed by atoms with van der Waals surface area (Å²) in [5.74, 6) is 0.284. The predicted octanol–water partition coefficient (Wildman–Crippen LogP) is 1.95. The van der Waals surface area contributed by atoms with Gasteiger partial charge in [0.1, 0.15) is 0 Å². The Labute approximate surface area is 138 Å². The zero-order valence-corrected chi connectivity index (χ0v) is 13.9. The smallest absolute Gasteiger partial charge is 0.228 e. The first-order chi connectivity index (χ1) is 11.2. The van der Waals surface area contributed by atoms with Crippen LogP contribution in [0.25, 0.3) is 0 Å². The highest BCUT2D eigenvalue weighted by Gasteiger charge is 2.44. The van der Waals surface area contributed by atoms with Crippen molar-refractivity contribution in [3.8, 4) is 0 Å². The third-order valence-corrected chi connectivity index (χ3v) is 6.29. The molecule has 4 aliphatic rings. The number of hydrogen-bond donors (Lipinski definition) is 0. The minimum Gasteiger partial charge on any atom is -0.374 e. The zero-order valence-electron chi connectivity index (χ0n) is 13.9. The van der Waals surface area contributed by atoms with E-state index < -0.39 is 0 Å². The summed E-state index contributed by atoms with van der Waals surface area (Å²) in [6.45, 7) is 2.01. The van der Waals surface area contributed by atoms with E-state index in [9.17, 15) is 9.59 Å². The fourth-order valence-electron chi connectivity index (χ4n) is 5.07. The largest absolute Gasteiger partial charge is 0.374 e. The Morgan fingerprint density at radius 1 is 1.04 bits per heavy atom. The summed E-state index contributed by atoms with van der Waals surface area (Å²) >= 11 is 0. The fraction of sp³-hybridized carbons (Fsp3) is 0.889. The summed E-state index contributed by atoms with van der Waals surface area (Å²) in [6, 6.07) is 0.646. The maximum atomic E-state index is 13.1. The van der Waals surface area contributed by atoms with Gasteiger partial charge in [-0.05, 0) is 25.7 Å². The number of ether oxygens (including phenoxy) is 1. The molecule has 2 saturated heterocycles. The number of carbonyl (C=O) groups is 2. The lowest BCUT2D eigenvalue weighted by atomic mass is 9.89. The zero-order chi connectivity index (χ0) is 15.8. The number of fused-ring (bicyclic) bond motifs is 1. The van der Waals surface area contributed by atoms with Crippen molar-refractivity contribution < 1.29 is 14.3 Å². The van der Waals surface area contributed by atoms with Gasteiger partial charge in [-0.15, -0.1) is 0 Å². The molecule has 0 unspecified atom stereocenters. The first-order valence-corrected chi connectivity index (χ1v) is 9.45. The standard InChI is InChI=1S/C18H28N2O3/c21-17-11-13(12-20(17)14-5-1-2-6-14)18(22)19-9-10-23-16-8-4-3-7-15(16)19/h13-16H,1-12H2/t13-,15+,16+/m0/s1. The average molecular weight is 320 g/mol. The van der Waals surface area contributed by atoms with Crippen molar-refractivity contribution in [1.82, 2.24) is 9.80 Å². The lowest BCUT2D eigenvalue weighted by Crippen LogP contribution is -2.56. The van der Waals surface area contributed by atoms with Gasteiger partial charge in [0.25, 0.3) is 0 Å². The third kappa shape index (κ3) is 2.88. The van der Waals surface area contributed by atoms with Crippen molar-refractivity contribution in [1.29, 1.82) is 0 Å². The molecule has 0 aromatic rings. The molecule has 0 spiro atoms. The summed E-state index contributed by atoms with van der Waals surface area (Å²) < 4.78 is 5.88. The number of likely N-dealkylation sites (tertiary alicyclic amines) is 1. The summed E-state index contributed by atoms with van der Waals surface area (Å²) in [4.78, 5) is 29.5. The lowest BCUT2D eigenvalue weighted by molar-refractivity contribution is -0.153. The van der Waals surface area contributed by atoms with Crippen molar-refractivity contribution in [2.75, 3.05) is 19.7 Å². The Morgan fingerprint density at radius 3 is 2.61 bits per heavy atom. The van der Waals surface area contributed by atoms with Crippen LogP contribution in [0.4, 0.5) is 0 Å². The van der Waals surface area contributed by atoms with E-state index in [-0.39, 0.29) is 29.9 Å². The molecule has 5 nitrogen and oxygen atoms in total. The van der Waals surface area contributed by atoms with Crippen LogP contribution in [0.5, 0.6) is 0 Å². The Kier molecular flexibility index (Phi) is 4.31. The second kappa shape index (κ2) is 6.42. The van der Waals surface area contributed by atoms with Crippen LogP contribution in [0, 0.1) is 5.92 Å². The third-order valence-electron chi connectivity index (χ3n) is 6.29. The highest BCUT2D eigenvalue weighted by molar-refractivity contribution is 5.89. The Balaban J connectivity index is 1.43. The normalized spacial score (nSPS) is 35.7. The topological polar surface area (TPSA) is 49.9 Å². The SMILES string of the molecule is O=C1C[C@H](C(=O)N2CCO[C@@H]3CCCC[C@H]32)CN1C1CCCC1. The number of nitrogens with zero attached hydrogens (tertiary/aromatic N) is 2. The molecular weight excluding hydrogens is 292 g/mol. The van der Waals surface area contributed by atoms with Gasteiger partial charge in [-0.25, -0.2) is 0 Å². The Bertz CT molecular complexity index is 473. The number of carbonyl (C=O) groups excluding carboxylic acids is 2. The van der Waals surface area contributed by atoms with Gasteiger partial charge < -0.3 is 14.5 Å². The van der Waals surface area contributed by atoms with E-state index in [0.717, 1.165) is 25.7 Å². The van der Waals surface area contributed by atoms with Crippen molar-refractivity contribution in [3.05, 3.63) is 0 Å². The van der Waals surface area contributed by atoms with E-state index in [1.54, 1.807) is 0 Å². The second-order valence-corrected chi connectivity index (χ2v) is 7.68. The van der Waals surface area contributed by atoms with Crippen LogP contribution in [0.3, 0.4) is 0 Å². The van der Waals surface area contributed by atoms with Gasteiger partial charge in [0, 0.05) is 25.6 Å². The van der Waals surface area contributed by atoms with Crippen LogP contribution in [-0.4, -0.2) is 59.5 Å². The van der Waals surface area contributed by atoms with E-state index >= 15 is 0 Å². The lowest BCUT2D eigenvalue weighted by Gasteiger charge is -2.44. The van der Waals surface area contributed by atoms with Gasteiger partial charge in [-0.2, -0.15) is 0 Å². The van der Waals surface area contributed by atoms with E-state index in [1.165, 1.54) is 25.7 Å². The molecule has 2 saturated carbocycles. The van der Waals surface area contributed by atoms with Gasteiger partial charge in [0.15, 0.2) is 0 Å². The monoisotopic (exact) mass is 320 g/mol. The first kappa shape index (κ1) is 15.4. The molecule has 5 heteroatoms. The number of rotatable bonds is 2. The first-order valence-electron chi connectivity index (χ1n) is 9.45. The van der Waals surface area contributed by atoms with Crippen LogP contribution >= 0.6 is 0 Å². The second-order valence-electron chi connectivity index (χ2n) is 7.68. The molecule has 3 atom stereocenters. The predicted molar refractivity (Wildman–Crippen MR) is 85.8 cm³/mol. The van der Waals surface area contributed by atoms with Crippen molar-refractivity contribution >= 4 is 11.8 Å². The average Bonchev–Trinajstić information content (AvgIpc) is 3.23. The van der Waals surface area contributed by atoms with Crippen LogP contribution in [0.15, 0.2) is 0 Å². The fourth-order valence-corrected chi connectivity index (χ4v) is 5.07. The van der Waals surface area contributed by atoms with E-state index in [2.05, 4.69) is 4.90 Å². The molecular formula is C18H28N2O3. The quantitative estimate of drug-likeness (QED) is 0.781. The molecule has 0 aromatic carbocycles. The maximum Gasteiger partial charge on any atom is 0.228 e. The highest BCUT2D eigenvalue weighted by atomic mass is 16.5. The summed E-state index contributed by atoms with van der Waals surface area (Å²) in [5.41, 5.74) is 0. The summed E-state index contributed by atoms with van der Waals surface area (Å²) in [7, 11) is 0. The molecule has 2 heterocycles.